The van der Waals surface area contributed by atoms with Crippen LogP contribution in [-0.2, 0) is 4.57 Å². The van der Waals surface area contributed by atoms with E-state index in [-0.39, 0.29) is 8.25 Å². The molecule has 4 heavy (non-hydrogen) atoms. The molecule has 2 N–H and O–H groups in total. The summed E-state index contributed by atoms with van der Waals surface area (Å²) in [5.41, 5.74) is 0. The molecule has 0 aliphatic rings. The van der Waals surface area contributed by atoms with Gasteiger partial charge in [0.1, 0.15) is 0 Å². The van der Waals surface area contributed by atoms with E-state index < -0.39 is 0 Å². The van der Waals surface area contributed by atoms with Crippen LogP contribution in [0.5, 0.6) is 0 Å². The Morgan fingerprint density at radius 2 is 2.25 bits per heavy atom. The standard InChI is InChI=1S/H2N2OP/c1-2-4-3/h1H2/q+1. The van der Waals surface area contributed by atoms with Gasteiger partial charge in [0.2, 0.25) is 0 Å². The minimum atomic E-state index is -0.349. The van der Waals surface area contributed by atoms with E-state index in [2.05, 4.69) is 10.7 Å². The first-order chi connectivity index (χ1) is 1.91. The number of rotatable bonds is 0. The van der Waals surface area contributed by atoms with Gasteiger partial charge in [-0.3, -0.25) is 0 Å². The summed E-state index contributed by atoms with van der Waals surface area (Å²) in [5.74, 6) is 4.33. The normalized spacial score (nSPS) is 5.25. The van der Waals surface area contributed by atoms with Crippen LogP contribution in [0.1, 0.15) is 0 Å². The maximum absolute atomic E-state index is 8.98. The number of hydrogen-bond donors (Lipinski definition) is 1. The summed E-state index contributed by atoms with van der Waals surface area (Å²) in [6.45, 7) is 0. The second kappa shape index (κ2) is 2.99. The van der Waals surface area contributed by atoms with Crippen molar-refractivity contribution in [3.8, 4) is 0 Å². The van der Waals surface area contributed by atoms with Crippen LogP contribution >= 0.6 is 8.25 Å². The Bertz CT molecular complexity index is 44.0. The fraction of sp³-hybridized carbons (Fsp3) is 0. The van der Waals surface area contributed by atoms with Crippen molar-refractivity contribution in [1.29, 1.82) is 0 Å². The quantitative estimate of drug-likeness (QED) is 0.257. The van der Waals surface area contributed by atoms with Gasteiger partial charge in [0.05, 0.1) is 0 Å². The van der Waals surface area contributed by atoms with E-state index in [1.54, 1.807) is 0 Å². The molecule has 0 bridgehead atoms. The van der Waals surface area contributed by atoms with Crippen LogP contribution in [0, 0.1) is 0 Å². The molecule has 0 saturated carbocycles. The topological polar surface area (TPSA) is 55.4 Å². The van der Waals surface area contributed by atoms with Crippen molar-refractivity contribution in [3.05, 3.63) is 0 Å². The summed E-state index contributed by atoms with van der Waals surface area (Å²) in [5, 5.41) is 0. The molecule has 0 saturated heterocycles. The first-order valence-corrected chi connectivity index (χ1v) is 1.41. The zero-order chi connectivity index (χ0) is 3.41. The Labute approximate surface area is 24.7 Å². The number of hydrogen-bond acceptors (Lipinski definition) is 2. The Balaban J connectivity index is 3.11. The summed E-state index contributed by atoms with van der Waals surface area (Å²) in [6.07, 6.45) is 0. The van der Waals surface area contributed by atoms with Gasteiger partial charge >= 0.3 is 23.5 Å². The second-order valence-electron chi connectivity index (χ2n) is 0.197. The Morgan fingerprint density at radius 3 is 2.25 bits per heavy atom. The van der Waals surface area contributed by atoms with Gasteiger partial charge < -0.3 is 0 Å². The third-order valence-corrected chi connectivity index (χ3v) is 0.141. The van der Waals surface area contributed by atoms with Crippen molar-refractivity contribution in [2.45, 2.75) is 0 Å². The van der Waals surface area contributed by atoms with E-state index in [1.807, 2.05) is 0 Å². The van der Waals surface area contributed by atoms with Gasteiger partial charge in [-0.2, -0.15) is 0 Å². The van der Waals surface area contributed by atoms with E-state index in [0.717, 1.165) is 0 Å². The first-order valence-electron chi connectivity index (χ1n) is 0.641. The summed E-state index contributed by atoms with van der Waals surface area (Å²) in [7, 11) is -0.349. The average molecular weight is 77.0 g/mol. The van der Waals surface area contributed by atoms with Crippen LogP contribution in [0.15, 0.2) is 4.85 Å². The van der Waals surface area contributed by atoms with Crippen molar-refractivity contribution < 1.29 is 4.57 Å². The molecule has 0 aromatic carbocycles. The van der Waals surface area contributed by atoms with Crippen molar-refractivity contribution in [2.75, 3.05) is 0 Å². The molecule has 22 valence electrons. The number of nitrogens with two attached hydrogens (primary N) is 1. The molecule has 0 aromatic heterocycles. The summed E-state index contributed by atoms with van der Waals surface area (Å²) < 4.78 is 8.98. The van der Waals surface area contributed by atoms with Crippen LogP contribution in [0.25, 0.3) is 0 Å². The van der Waals surface area contributed by atoms with Crippen molar-refractivity contribution in [1.82, 2.24) is 0 Å². The van der Waals surface area contributed by atoms with Gasteiger partial charge in [0.15, 0.2) is 0 Å². The second-order valence-corrected chi connectivity index (χ2v) is 0.591. The fourth-order valence-electron chi connectivity index (χ4n) is 0. The van der Waals surface area contributed by atoms with E-state index in [9.17, 15) is 0 Å². The van der Waals surface area contributed by atoms with Crippen molar-refractivity contribution in [2.24, 2.45) is 10.7 Å². The third-order valence-electron chi connectivity index (χ3n) is 0.0471. The van der Waals surface area contributed by atoms with Crippen LogP contribution in [0.4, 0.5) is 0 Å². The molecule has 0 unspecified atom stereocenters. The molecule has 0 radical (unpaired) electrons. The van der Waals surface area contributed by atoms with E-state index in [4.69, 9.17) is 4.57 Å². The molecular weight excluding hydrogens is 75.0 g/mol. The van der Waals surface area contributed by atoms with Crippen molar-refractivity contribution in [3.63, 3.8) is 0 Å². The molecule has 0 fully saturated rings. The summed E-state index contributed by atoms with van der Waals surface area (Å²) in [6, 6.07) is 0. The van der Waals surface area contributed by atoms with Gasteiger partial charge in [-0.15, -0.1) is 0 Å². The molecule has 0 rings (SSSR count). The third kappa shape index (κ3) is 1.99. The van der Waals surface area contributed by atoms with Gasteiger partial charge in [0, 0.05) is 0 Å². The van der Waals surface area contributed by atoms with Gasteiger partial charge in [-0.25, -0.2) is 0 Å². The van der Waals surface area contributed by atoms with Crippen molar-refractivity contribution >= 4 is 8.25 Å². The molecule has 0 heterocycles. The zero-order valence-electron chi connectivity index (χ0n) is 1.88. The molecule has 4 heteroatoms. The SMILES string of the molecule is NN=[P+]=O. The van der Waals surface area contributed by atoms with E-state index in [1.165, 1.54) is 0 Å². The molecule has 0 atom stereocenters. The average Bonchev–Trinajstić information content (AvgIpc) is 1.37. The molecule has 0 spiro atoms. The van der Waals surface area contributed by atoms with Crippen LogP contribution in [-0.4, -0.2) is 0 Å². The predicted molar refractivity (Wildman–Crippen MR) is 14.2 cm³/mol. The van der Waals surface area contributed by atoms with E-state index in [0.29, 0.717) is 0 Å². The molecule has 0 aliphatic carbocycles. The molecule has 0 aromatic rings. The monoisotopic (exact) mass is 77.0 g/mol. The molecule has 0 aliphatic heterocycles. The number of nitrogens with zero attached hydrogens (tertiary/aromatic N) is 1. The predicted octanol–water partition coefficient (Wildman–Crippen LogP) is 0.335. The molecule has 0 amide bonds. The maximum atomic E-state index is 8.98. The van der Waals surface area contributed by atoms with Crippen LogP contribution in [0.3, 0.4) is 0 Å². The fourth-order valence-corrected chi connectivity index (χ4v) is 0. The van der Waals surface area contributed by atoms with Gasteiger partial charge in [0.25, 0.3) is 0 Å². The molecule has 3 nitrogen and oxygen atoms in total. The first kappa shape index (κ1) is 3.99. The van der Waals surface area contributed by atoms with E-state index >= 15 is 0 Å². The Hall–Kier alpha value is -0.0100. The van der Waals surface area contributed by atoms with Crippen LogP contribution in [0.2, 0.25) is 0 Å². The Morgan fingerprint density at radius 1 is 2.00 bits per heavy atom. The van der Waals surface area contributed by atoms with Gasteiger partial charge in [-0.05, 0) is 0 Å². The van der Waals surface area contributed by atoms with Crippen LogP contribution < -0.4 is 5.84 Å². The van der Waals surface area contributed by atoms with Gasteiger partial charge in [-0.1, -0.05) is 0 Å². The summed E-state index contributed by atoms with van der Waals surface area (Å²) >= 11 is 0. The summed E-state index contributed by atoms with van der Waals surface area (Å²) in [4.78, 5) is 2.65. The molecular formula is H2N2OP+. The Kier molecular flexibility index (Phi) is 2.98. The minimum absolute atomic E-state index is 0.349. The zero-order valence-corrected chi connectivity index (χ0v) is 2.77.